The van der Waals surface area contributed by atoms with Gasteiger partial charge in [0.15, 0.2) is 0 Å². The summed E-state index contributed by atoms with van der Waals surface area (Å²) in [5.41, 5.74) is 0. The molecule has 0 aromatic carbocycles. The Bertz CT molecular complexity index is 451. The molecule has 6 heteroatoms. The molecule has 3 rings (SSSR count). The number of hydrogen-bond donors (Lipinski definition) is 0. The Hall–Kier alpha value is -1.14. The molecule has 136 valence electrons. The van der Waals surface area contributed by atoms with E-state index in [-0.39, 0.29) is 18.4 Å². The fourth-order valence-electron chi connectivity index (χ4n) is 4.25. The average Bonchev–Trinajstić information content (AvgIpc) is 2.95. The van der Waals surface area contributed by atoms with Gasteiger partial charge in [-0.25, -0.2) is 0 Å². The Labute approximate surface area is 145 Å². The van der Waals surface area contributed by atoms with Gasteiger partial charge in [-0.2, -0.15) is 0 Å². The summed E-state index contributed by atoms with van der Waals surface area (Å²) in [5, 5.41) is 0. The summed E-state index contributed by atoms with van der Waals surface area (Å²) < 4.78 is 5.46. The van der Waals surface area contributed by atoms with Gasteiger partial charge in [0.25, 0.3) is 0 Å². The van der Waals surface area contributed by atoms with Gasteiger partial charge in [0, 0.05) is 45.2 Å². The van der Waals surface area contributed by atoms with Crippen LogP contribution < -0.4 is 0 Å². The monoisotopic (exact) mass is 337 g/mol. The molecule has 24 heavy (non-hydrogen) atoms. The summed E-state index contributed by atoms with van der Waals surface area (Å²) in [4.78, 5) is 31.1. The molecular weight excluding hydrogens is 306 g/mol. The summed E-state index contributed by atoms with van der Waals surface area (Å²) >= 11 is 0. The Morgan fingerprint density at radius 3 is 2.67 bits per heavy atom. The van der Waals surface area contributed by atoms with Crippen LogP contribution in [-0.2, 0) is 14.3 Å². The number of rotatable bonds is 4. The maximum atomic E-state index is 12.7. The van der Waals surface area contributed by atoms with E-state index < -0.39 is 0 Å². The molecule has 0 radical (unpaired) electrons. The molecule has 3 fully saturated rings. The van der Waals surface area contributed by atoms with Crippen molar-refractivity contribution in [2.75, 3.05) is 52.5 Å². The van der Waals surface area contributed by atoms with Crippen molar-refractivity contribution in [3.63, 3.8) is 0 Å². The van der Waals surface area contributed by atoms with Crippen LogP contribution in [0.5, 0.6) is 0 Å². The molecule has 2 amide bonds. The minimum Gasteiger partial charge on any atom is -0.379 e. The molecule has 0 N–H and O–H groups in total. The number of amides is 2. The highest BCUT2D eigenvalue weighted by Crippen LogP contribution is 2.26. The summed E-state index contributed by atoms with van der Waals surface area (Å²) in [6.45, 7) is 8.38. The first kappa shape index (κ1) is 17.7. The van der Waals surface area contributed by atoms with Crippen LogP contribution in [0.4, 0.5) is 0 Å². The molecule has 0 saturated carbocycles. The quantitative estimate of drug-likeness (QED) is 0.767. The van der Waals surface area contributed by atoms with E-state index in [4.69, 9.17) is 4.74 Å². The van der Waals surface area contributed by atoms with Crippen LogP contribution in [0.3, 0.4) is 0 Å². The van der Waals surface area contributed by atoms with Crippen molar-refractivity contribution in [3.05, 3.63) is 0 Å². The third kappa shape index (κ3) is 4.09. The van der Waals surface area contributed by atoms with Crippen molar-refractivity contribution in [3.8, 4) is 0 Å². The van der Waals surface area contributed by atoms with Gasteiger partial charge in [0.1, 0.15) is 0 Å². The van der Waals surface area contributed by atoms with E-state index in [1.807, 2.05) is 4.90 Å². The second kappa shape index (κ2) is 8.30. The van der Waals surface area contributed by atoms with Crippen LogP contribution in [0.25, 0.3) is 0 Å². The average molecular weight is 337 g/mol. The zero-order valence-electron chi connectivity index (χ0n) is 14.9. The van der Waals surface area contributed by atoms with Gasteiger partial charge in [-0.1, -0.05) is 19.8 Å². The third-order valence-corrected chi connectivity index (χ3v) is 5.80. The second-order valence-electron chi connectivity index (χ2n) is 7.31. The van der Waals surface area contributed by atoms with Crippen LogP contribution in [0, 0.1) is 5.92 Å². The van der Waals surface area contributed by atoms with Crippen LogP contribution in [-0.4, -0.2) is 85.0 Å². The maximum absolute atomic E-state index is 12.7. The number of morpholine rings is 1. The largest absolute Gasteiger partial charge is 0.379 e. The highest BCUT2D eigenvalue weighted by molar-refractivity contribution is 5.85. The fraction of sp³-hybridized carbons (Fsp3) is 0.889. The van der Waals surface area contributed by atoms with E-state index in [1.54, 1.807) is 4.90 Å². The molecule has 3 saturated heterocycles. The molecule has 0 aliphatic carbocycles. The number of hydrogen-bond acceptors (Lipinski definition) is 4. The summed E-state index contributed by atoms with van der Waals surface area (Å²) in [5.74, 6) is 0.808. The van der Waals surface area contributed by atoms with Gasteiger partial charge in [0.2, 0.25) is 11.8 Å². The van der Waals surface area contributed by atoms with E-state index in [2.05, 4.69) is 11.8 Å². The van der Waals surface area contributed by atoms with Crippen LogP contribution in [0.1, 0.15) is 39.0 Å². The predicted octanol–water partition coefficient (Wildman–Crippen LogP) is 0.958. The minimum absolute atomic E-state index is 0.124. The molecule has 3 heterocycles. The van der Waals surface area contributed by atoms with Crippen molar-refractivity contribution in [2.45, 2.75) is 45.1 Å². The number of ether oxygens (including phenoxy) is 1. The van der Waals surface area contributed by atoms with Crippen molar-refractivity contribution >= 4 is 11.8 Å². The van der Waals surface area contributed by atoms with Gasteiger partial charge < -0.3 is 14.5 Å². The second-order valence-corrected chi connectivity index (χ2v) is 7.31. The van der Waals surface area contributed by atoms with Crippen molar-refractivity contribution < 1.29 is 14.3 Å². The topological polar surface area (TPSA) is 53.1 Å². The lowest BCUT2D eigenvalue weighted by Gasteiger charge is -2.34. The fourth-order valence-corrected chi connectivity index (χ4v) is 4.25. The van der Waals surface area contributed by atoms with Gasteiger partial charge in [-0.05, 0) is 18.8 Å². The summed E-state index contributed by atoms with van der Waals surface area (Å²) in [7, 11) is 0. The molecule has 0 unspecified atom stereocenters. The highest BCUT2D eigenvalue weighted by atomic mass is 16.5. The lowest BCUT2D eigenvalue weighted by molar-refractivity contribution is -0.139. The lowest BCUT2D eigenvalue weighted by atomic mass is 9.99. The zero-order valence-corrected chi connectivity index (χ0v) is 14.9. The van der Waals surface area contributed by atoms with E-state index in [0.717, 1.165) is 71.6 Å². The SMILES string of the molecule is CC[C@H]1CN(C(=O)CN2CCCCCC2=O)C[C@@H]1N1CCOCC1. The summed E-state index contributed by atoms with van der Waals surface area (Å²) in [6.07, 6.45) is 4.77. The number of carbonyl (C=O) groups is 2. The van der Waals surface area contributed by atoms with Crippen LogP contribution in [0.15, 0.2) is 0 Å². The molecular formula is C18H31N3O3. The molecule has 0 bridgehead atoms. The smallest absolute Gasteiger partial charge is 0.242 e. The number of likely N-dealkylation sites (tertiary alicyclic amines) is 2. The molecule has 0 aromatic heterocycles. The van der Waals surface area contributed by atoms with Crippen molar-refractivity contribution in [1.82, 2.24) is 14.7 Å². The van der Waals surface area contributed by atoms with Gasteiger partial charge in [0.05, 0.1) is 19.8 Å². The predicted molar refractivity (Wildman–Crippen MR) is 91.6 cm³/mol. The Balaban J connectivity index is 1.57. The molecule has 2 atom stereocenters. The zero-order chi connectivity index (χ0) is 16.9. The third-order valence-electron chi connectivity index (χ3n) is 5.80. The van der Waals surface area contributed by atoms with Crippen LogP contribution in [0.2, 0.25) is 0 Å². The Morgan fingerprint density at radius 2 is 1.92 bits per heavy atom. The molecule has 3 aliphatic heterocycles. The summed E-state index contributed by atoms with van der Waals surface area (Å²) in [6, 6.07) is 0.447. The number of carbonyl (C=O) groups excluding carboxylic acids is 2. The van der Waals surface area contributed by atoms with E-state index >= 15 is 0 Å². The molecule has 0 aromatic rings. The van der Waals surface area contributed by atoms with Gasteiger partial charge in [-0.15, -0.1) is 0 Å². The first-order chi connectivity index (χ1) is 11.7. The molecule has 6 nitrogen and oxygen atoms in total. The first-order valence-electron chi connectivity index (χ1n) is 9.56. The molecule has 3 aliphatic rings. The van der Waals surface area contributed by atoms with Crippen molar-refractivity contribution in [2.24, 2.45) is 5.92 Å². The Morgan fingerprint density at radius 1 is 1.12 bits per heavy atom. The normalized spacial score (nSPS) is 29.8. The van der Waals surface area contributed by atoms with E-state index in [9.17, 15) is 9.59 Å². The highest BCUT2D eigenvalue weighted by Gasteiger charge is 2.38. The maximum Gasteiger partial charge on any atom is 0.242 e. The minimum atomic E-state index is 0.124. The lowest BCUT2D eigenvalue weighted by Crippen LogP contribution is -2.48. The van der Waals surface area contributed by atoms with Gasteiger partial charge in [-0.3, -0.25) is 14.5 Å². The Kier molecular flexibility index (Phi) is 6.11. The van der Waals surface area contributed by atoms with E-state index in [0.29, 0.717) is 18.4 Å². The van der Waals surface area contributed by atoms with E-state index in [1.165, 1.54) is 0 Å². The number of nitrogens with zero attached hydrogens (tertiary/aromatic N) is 3. The van der Waals surface area contributed by atoms with Crippen molar-refractivity contribution in [1.29, 1.82) is 0 Å². The first-order valence-corrected chi connectivity index (χ1v) is 9.56. The van der Waals surface area contributed by atoms with Crippen LogP contribution >= 0.6 is 0 Å². The van der Waals surface area contributed by atoms with Gasteiger partial charge >= 0.3 is 0 Å². The molecule has 0 spiro atoms. The standard InChI is InChI=1S/C18H31N3O3/c1-2-15-12-21(13-16(15)19-8-10-24-11-9-19)18(23)14-20-7-5-3-4-6-17(20)22/h15-16H,2-14H2,1H3/t15-,16-/m0/s1.